The Morgan fingerprint density at radius 2 is 1.81 bits per heavy atom. The molecular weight excluding hydrogens is 277 g/mol. The number of nitrogens with one attached hydrogen (secondary N) is 1. The fourth-order valence-electron chi connectivity index (χ4n) is 2.54. The number of anilines is 2. The van der Waals surface area contributed by atoms with Gasteiger partial charge in [0.2, 0.25) is 0 Å². The Hall–Kier alpha value is -1.99. The predicted octanol–water partition coefficient (Wildman–Crippen LogP) is 4.37. The molecular formula is C17H18N3P. The molecule has 0 aliphatic carbocycles. The third-order valence-electron chi connectivity index (χ3n) is 3.86. The van der Waals surface area contributed by atoms with Crippen molar-refractivity contribution in [2.45, 2.75) is 20.0 Å². The predicted molar refractivity (Wildman–Crippen MR) is 92.2 cm³/mol. The first kappa shape index (κ1) is 14.0. The first-order chi connectivity index (χ1) is 10.2. The van der Waals surface area contributed by atoms with Crippen molar-refractivity contribution in [3.05, 3.63) is 59.4 Å². The maximum Gasteiger partial charge on any atom is 0.141 e. The van der Waals surface area contributed by atoms with E-state index in [1.54, 1.807) is 6.33 Å². The van der Waals surface area contributed by atoms with Crippen LogP contribution in [0, 0.1) is 13.8 Å². The lowest BCUT2D eigenvalue weighted by molar-refractivity contribution is 1.19. The zero-order valence-corrected chi connectivity index (χ0v) is 13.4. The van der Waals surface area contributed by atoms with E-state index in [1.807, 2.05) is 30.3 Å². The van der Waals surface area contributed by atoms with Crippen LogP contribution in [0.25, 0.3) is 10.9 Å². The number of fused-ring (bicyclic) bond motifs is 1. The molecule has 0 aliphatic rings. The number of aryl methyl sites for hydroxylation is 1. The number of hydrogen-bond donors (Lipinski definition) is 1. The van der Waals surface area contributed by atoms with E-state index in [0.29, 0.717) is 0 Å². The van der Waals surface area contributed by atoms with Gasteiger partial charge in [-0.1, -0.05) is 18.2 Å². The molecule has 0 saturated heterocycles. The summed E-state index contributed by atoms with van der Waals surface area (Å²) in [4.78, 5) is 8.87. The zero-order chi connectivity index (χ0) is 14.8. The molecule has 3 aromatic rings. The molecule has 0 aliphatic heterocycles. The van der Waals surface area contributed by atoms with Gasteiger partial charge in [0.05, 0.1) is 5.52 Å². The summed E-state index contributed by atoms with van der Waals surface area (Å²) in [5, 5.41) is 4.49. The highest BCUT2D eigenvalue weighted by molar-refractivity contribution is 7.15. The summed E-state index contributed by atoms with van der Waals surface area (Å²) in [5.41, 5.74) is 5.88. The molecule has 3 rings (SSSR count). The van der Waals surface area contributed by atoms with Crippen molar-refractivity contribution in [2.75, 3.05) is 5.32 Å². The van der Waals surface area contributed by atoms with Gasteiger partial charge in [-0.2, -0.15) is 0 Å². The van der Waals surface area contributed by atoms with Gasteiger partial charge in [-0.05, 0) is 54.9 Å². The summed E-state index contributed by atoms with van der Waals surface area (Å²) in [7, 11) is 2.78. The van der Waals surface area contributed by atoms with Crippen molar-refractivity contribution in [2.24, 2.45) is 0 Å². The molecule has 0 amide bonds. The summed E-state index contributed by atoms with van der Waals surface area (Å²) in [5.74, 6) is 0.863. The summed E-state index contributed by atoms with van der Waals surface area (Å²) < 4.78 is 0. The molecule has 0 fully saturated rings. The molecule has 1 atom stereocenters. The van der Waals surface area contributed by atoms with Crippen LogP contribution in [0.1, 0.15) is 16.7 Å². The van der Waals surface area contributed by atoms with Crippen LogP contribution >= 0.6 is 9.24 Å². The average Bonchev–Trinajstić information content (AvgIpc) is 2.52. The lowest BCUT2D eigenvalue weighted by atomic mass is 9.99. The standard InChI is InChI=1S/C17H18N3P/c1-11-12(2)16-15(8-13(11)9-21)18-10-19-17(16)20-14-6-4-3-5-7-14/h3-8,10H,9,21H2,1-2H3,(H,18,19,20). The van der Waals surface area contributed by atoms with Crippen molar-refractivity contribution in [1.29, 1.82) is 0 Å². The Morgan fingerprint density at radius 1 is 1.05 bits per heavy atom. The Labute approximate surface area is 127 Å². The van der Waals surface area contributed by atoms with Gasteiger partial charge in [0.1, 0.15) is 12.1 Å². The quantitative estimate of drug-likeness (QED) is 0.729. The van der Waals surface area contributed by atoms with Crippen LogP contribution in [0.4, 0.5) is 11.5 Å². The lowest BCUT2D eigenvalue weighted by Gasteiger charge is -2.14. The summed E-state index contributed by atoms with van der Waals surface area (Å²) in [6.45, 7) is 4.30. The number of nitrogens with zero attached hydrogens (tertiary/aromatic N) is 2. The number of rotatable bonds is 3. The van der Waals surface area contributed by atoms with Gasteiger partial charge in [-0.3, -0.25) is 0 Å². The Balaban J connectivity index is 2.18. The molecule has 1 heterocycles. The molecule has 1 aromatic heterocycles. The van der Waals surface area contributed by atoms with E-state index in [4.69, 9.17) is 0 Å². The molecule has 0 bridgehead atoms. The largest absolute Gasteiger partial charge is 0.340 e. The Bertz CT molecular complexity index is 785. The van der Waals surface area contributed by atoms with Crippen molar-refractivity contribution >= 4 is 31.6 Å². The highest BCUT2D eigenvalue weighted by Crippen LogP contribution is 2.30. The highest BCUT2D eigenvalue weighted by Gasteiger charge is 2.11. The maximum atomic E-state index is 4.43. The van der Waals surface area contributed by atoms with Crippen molar-refractivity contribution < 1.29 is 0 Å². The molecule has 1 N–H and O–H groups in total. The van der Waals surface area contributed by atoms with Crippen molar-refractivity contribution in [1.82, 2.24) is 9.97 Å². The Morgan fingerprint density at radius 3 is 2.52 bits per heavy atom. The molecule has 21 heavy (non-hydrogen) atoms. The third-order valence-corrected chi connectivity index (χ3v) is 4.30. The van der Waals surface area contributed by atoms with Crippen LogP contribution in [0.15, 0.2) is 42.7 Å². The molecule has 1 unspecified atom stereocenters. The van der Waals surface area contributed by atoms with E-state index in [0.717, 1.165) is 28.6 Å². The van der Waals surface area contributed by atoms with Crippen molar-refractivity contribution in [3.8, 4) is 0 Å². The average molecular weight is 295 g/mol. The molecule has 4 heteroatoms. The number of benzene rings is 2. The summed E-state index contributed by atoms with van der Waals surface area (Å²) in [6.07, 6.45) is 2.56. The van der Waals surface area contributed by atoms with Gasteiger partial charge in [0, 0.05) is 11.1 Å². The molecule has 2 aromatic carbocycles. The smallest absolute Gasteiger partial charge is 0.141 e. The van der Waals surface area contributed by atoms with Crippen LogP contribution in [-0.4, -0.2) is 9.97 Å². The highest BCUT2D eigenvalue weighted by atomic mass is 31.0. The van der Waals surface area contributed by atoms with Gasteiger partial charge in [-0.15, -0.1) is 9.24 Å². The molecule has 3 nitrogen and oxygen atoms in total. The maximum absolute atomic E-state index is 4.43. The molecule has 0 radical (unpaired) electrons. The molecule has 0 spiro atoms. The van der Waals surface area contributed by atoms with Gasteiger partial charge < -0.3 is 5.32 Å². The summed E-state index contributed by atoms with van der Waals surface area (Å²) >= 11 is 0. The lowest BCUT2D eigenvalue weighted by Crippen LogP contribution is -2.00. The van der Waals surface area contributed by atoms with Crippen molar-refractivity contribution in [3.63, 3.8) is 0 Å². The second-order valence-electron chi connectivity index (χ2n) is 5.10. The number of hydrogen-bond acceptors (Lipinski definition) is 3. The first-order valence-electron chi connectivity index (χ1n) is 6.96. The second kappa shape index (κ2) is 5.79. The van der Waals surface area contributed by atoms with E-state index < -0.39 is 0 Å². The van der Waals surface area contributed by atoms with Gasteiger partial charge >= 0.3 is 0 Å². The van der Waals surface area contributed by atoms with E-state index in [-0.39, 0.29) is 0 Å². The van der Waals surface area contributed by atoms with Crippen LogP contribution in [-0.2, 0) is 6.16 Å². The van der Waals surface area contributed by atoms with Crippen LogP contribution < -0.4 is 5.32 Å². The fourth-order valence-corrected chi connectivity index (χ4v) is 2.97. The third kappa shape index (κ3) is 2.62. The van der Waals surface area contributed by atoms with E-state index >= 15 is 0 Å². The molecule has 0 saturated carbocycles. The SMILES string of the molecule is Cc1c(CP)cc2ncnc(Nc3ccccc3)c2c1C. The minimum Gasteiger partial charge on any atom is -0.340 e. The Kier molecular flexibility index (Phi) is 3.85. The van der Waals surface area contributed by atoms with E-state index in [2.05, 4.69) is 44.4 Å². The topological polar surface area (TPSA) is 37.8 Å². The van der Waals surface area contributed by atoms with Crippen LogP contribution in [0.3, 0.4) is 0 Å². The van der Waals surface area contributed by atoms with Gasteiger partial charge in [-0.25, -0.2) is 9.97 Å². The fraction of sp³-hybridized carbons (Fsp3) is 0.176. The molecule has 106 valence electrons. The minimum atomic E-state index is 0.863. The van der Waals surface area contributed by atoms with Gasteiger partial charge in [0.15, 0.2) is 0 Å². The first-order valence-corrected chi connectivity index (χ1v) is 7.78. The van der Waals surface area contributed by atoms with E-state index in [9.17, 15) is 0 Å². The minimum absolute atomic E-state index is 0.863. The zero-order valence-electron chi connectivity index (χ0n) is 12.2. The number of aromatic nitrogens is 2. The second-order valence-corrected chi connectivity index (χ2v) is 5.51. The van der Waals surface area contributed by atoms with E-state index in [1.165, 1.54) is 16.7 Å². The van der Waals surface area contributed by atoms with Crippen LogP contribution in [0.5, 0.6) is 0 Å². The normalized spacial score (nSPS) is 10.8. The van der Waals surface area contributed by atoms with Crippen LogP contribution in [0.2, 0.25) is 0 Å². The monoisotopic (exact) mass is 295 g/mol. The van der Waals surface area contributed by atoms with Gasteiger partial charge in [0.25, 0.3) is 0 Å². The summed E-state index contributed by atoms with van der Waals surface area (Å²) in [6, 6.07) is 12.2. The number of para-hydroxylation sites is 1.